The van der Waals surface area contributed by atoms with Crippen LogP contribution in [0.3, 0.4) is 0 Å². The van der Waals surface area contributed by atoms with Crippen molar-refractivity contribution in [1.29, 1.82) is 0 Å². The first kappa shape index (κ1) is 17.4. The topological polar surface area (TPSA) is 50.7 Å². The van der Waals surface area contributed by atoms with E-state index in [9.17, 15) is 13.2 Å². The maximum atomic E-state index is 14.3. The van der Waals surface area contributed by atoms with Crippen LogP contribution in [-0.4, -0.2) is 15.2 Å². The SMILES string of the molecule is Cc1nnc(NC(C)c2cccc(C(F)F)c2F)c2cc(Cl)ncc12. The van der Waals surface area contributed by atoms with Gasteiger partial charge in [0.1, 0.15) is 11.0 Å². The number of alkyl halides is 2. The van der Waals surface area contributed by atoms with E-state index in [1.807, 2.05) is 0 Å². The molecular formula is C17H14ClF3N4. The number of nitrogens with one attached hydrogen (secondary N) is 1. The van der Waals surface area contributed by atoms with Gasteiger partial charge in [-0.05, 0) is 19.9 Å². The summed E-state index contributed by atoms with van der Waals surface area (Å²) in [5.41, 5.74) is 0.162. The third-order valence-corrected chi connectivity index (χ3v) is 4.14. The van der Waals surface area contributed by atoms with Gasteiger partial charge in [0.2, 0.25) is 0 Å². The molecule has 8 heteroatoms. The van der Waals surface area contributed by atoms with Crippen LogP contribution < -0.4 is 5.32 Å². The van der Waals surface area contributed by atoms with E-state index in [1.165, 1.54) is 12.1 Å². The second kappa shape index (κ2) is 6.84. The summed E-state index contributed by atoms with van der Waals surface area (Å²) in [7, 11) is 0. The Balaban J connectivity index is 2.01. The number of fused-ring (bicyclic) bond motifs is 1. The minimum Gasteiger partial charge on any atom is -0.361 e. The molecule has 0 saturated carbocycles. The monoisotopic (exact) mass is 366 g/mol. The van der Waals surface area contributed by atoms with Crippen molar-refractivity contribution in [2.75, 3.05) is 5.32 Å². The van der Waals surface area contributed by atoms with Crippen LogP contribution in [0.1, 0.15) is 36.2 Å². The molecule has 130 valence electrons. The van der Waals surface area contributed by atoms with E-state index in [-0.39, 0.29) is 10.7 Å². The lowest BCUT2D eigenvalue weighted by Gasteiger charge is -2.18. The van der Waals surface area contributed by atoms with Gasteiger partial charge >= 0.3 is 0 Å². The maximum absolute atomic E-state index is 14.3. The lowest BCUT2D eigenvalue weighted by molar-refractivity contribution is 0.146. The number of hydrogen-bond donors (Lipinski definition) is 1. The first-order valence-electron chi connectivity index (χ1n) is 7.50. The normalized spacial score (nSPS) is 12.6. The Bertz CT molecular complexity index is 933. The van der Waals surface area contributed by atoms with Crippen LogP contribution in [0.15, 0.2) is 30.5 Å². The highest BCUT2D eigenvalue weighted by Gasteiger charge is 2.20. The van der Waals surface area contributed by atoms with Crippen molar-refractivity contribution in [3.05, 3.63) is 58.3 Å². The Morgan fingerprint density at radius 3 is 2.56 bits per heavy atom. The van der Waals surface area contributed by atoms with Crippen LogP contribution in [0.25, 0.3) is 10.8 Å². The fourth-order valence-corrected chi connectivity index (χ4v) is 2.77. The first-order valence-corrected chi connectivity index (χ1v) is 7.87. The number of benzene rings is 1. The van der Waals surface area contributed by atoms with Gasteiger partial charge in [0, 0.05) is 22.5 Å². The smallest absolute Gasteiger partial charge is 0.266 e. The highest BCUT2D eigenvalue weighted by molar-refractivity contribution is 6.30. The molecule has 0 aliphatic carbocycles. The number of halogens is 4. The summed E-state index contributed by atoms with van der Waals surface area (Å²) in [5.74, 6) is -0.555. The quantitative estimate of drug-likeness (QED) is 0.642. The molecule has 25 heavy (non-hydrogen) atoms. The van der Waals surface area contributed by atoms with Gasteiger partial charge < -0.3 is 5.32 Å². The molecule has 1 unspecified atom stereocenters. The summed E-state index contributed by atoms with van der Waals surface area (Å²) in [5, 5.41) is 12.8. The third-order valence-electron chi connectivity index (χ3n) is 3.93. The minimum absolute atomic E-state index is 0.119. The van der Waals surface area contributed by atoms with E-state index in [0.717, 1.165) is 11.5 Å². The molecule has 3 aromatic rings. The molecule has 0 amide bonds. The van der Waals surface area contributed by atoms with Gasteiger partial charge in [-0.2, -0.15) is 5.10 Å². The van der Waals surface area contributed by atoms with Gasteiger partial charge in [-0.1, -0.05) is 29.8 Å². The molecule has 1 aromatic carbocycles. The number of pyridine rings is 1. The number of aryl methyl sites for hydroxylation is 1. The fraction of sp³-hybridized carbons (Fsp3) is 0.235. The number of aromatic nitrogens is 3. The zero-order valence-corrected chi connectivity index (χ0v) is 14.2. The van der Waals surface area contributed by atoms with Gasteiger partial charge in [0.05, 0.1) is 17.3 Å². The molecule has 0 aliphatic rings. The molecule has 0 bridgehead atoms. The van der Waals surface area contributed by atoms with Crippen molar-refractivity contribution in [2.45, 2.75) is 26.3 Å². The zero-order valence-electron chi connectivity index (χ0n) is 13.4. The average molecular weight is 367 g/mol. The summed E-state index contributed by atoms with van der Waals surface area (Å²) in [4.78, 5) is 4.02. The van der Waals surface area contributed by atoms with E-state index in [1.54, 1.807) is 26.1 Å². The number of nitrogens with zero attached hydrogens (tertiary/aromatic N) is 3. The van der Waals surface area contributed by atoms with Crippen molar-refractivity contribution in [2.24, 2.45) is 0 Å². The zero-order chi connectivity index (χ0) is 18.1. The minimum atomic E-state index is -2.88. The number of hydrogen-bond acceptors (Lipinski definition) is 4. The van der Waals surface area contributed by atoms with Gasteiger partial charge in [-0.3, -0.25) is 0 Å². The molecule has 0 spiro atoms. The van der Waals surface area contributed by atoms with E-state index >= 15 is 0 Å². The van der Waals surface area contributed by atoms with Crippen molar-refractivity contribution < 1.29 is 13.2 Å². The van der Waals surface area contributed by atoms with Crippen LogP contribution in [-0.2, 0) is 0 Å². The molecule has 1 N–H and O–H groups in total. The highest BCUT2D eigenvalue weighted by Crippen LogP contribution is 2.31. The fourth-order valence-electron chi connectivity index (χ4n) is 2.61. The van der Waals surface area contributed by atoms with Crippen LogP contribution in [0.5, 0.6) is 0 Å². The summed E-state index contributed by atoms with van der Waals surface area (Å²) in [6.45, 7) is 3.44. The lowest BCUT2D eigenvalue weighted by atomic mass is 10.0. The van der Waals surface area contributed by atoms with E-state index < -0.39 is 23.8 Å². The Kier molecular flexibility index (Phi) is 4.76. The van der Waals surface area contributed by atoms with E-state index in [0.29, 0.717) is 16.9 Å². The molecular weight excluding hydrogens is 353 g/mol. The Morgan fingerprint density at radius 1 is 1.12 bits per heavy atom. The van der Waals surface area contributed by atoms with Crippen LogP contribution in [0, 0.1) is 12.7 Å². The summed E-state index contributed by atoms with van der Waals surface area (Å²) in [6.07, 6.45) is -1.30. The molecule has 0 fully saturated rings. The predicted octanol–water partition coefficient (Wildman–Crippen LogP) is 5.24. The molecule has 1 atom stereocenters. The van der Waals surface area contributed by atoms with E-state index in [2.05, 4.69) is 20.5 Å². The van der Waals surface area contributed by atoms with Gasteiger partial charge in [0.25, 0.3) is 6.43 Å². The van der Waals surface area contributed by atoms with E-state index in [4.69, 9.17) is 11.6 Å². The molecule has 0 radical (unpaired) electrons. The van der Waals surface area contributed by atoms with Crippen molar-refractivity contribution in [1.82, 2.24) is 15.2 Å². The van der Waals surface area contributed by atoms with Gasteiger partial charge in [-0.25, -0.2) is 18.2 Å². The Labute approximate surface area is 147 Å². The third kappa shape index (κ3) is 3.37. The summed E-state index contributed by atoms with van der Waals surface area (Å²) < 4.78 is 40.1. The number of anilines is 1. The molecule has 2 aromatic heterocycles. The molecule has 0 saturated heterocycles. The van der Waals surface area contributed by atoms with Gasteiger partial charge in [-0.15, -0.1) is 5.10 Å². The lowest BCUT2D eigenvalue weighted by Crippen LogP contribution is -2.12. The molecule has 4 nitrogen and oxygen atoms in total. The largest absolute Gasteiger partial charge is 0.361 e. The van der Waals surface area contributed by atoms with Crippen molar-refractivity contribution in [3.63, 3.8) is 0 Å². The molecule has 2 heterocycles. The van der Waals surface area contributed by atoms with Crippen molar-refractivity contribution in [3.8, 4) is 0 Å². The average Bonchev–Trinajstić information content (AvgIpc) is 2.57. The first-order chi connectivity index (χ1) is 11.9. The molecule has 0 aliphatic heterocycles. The van der Waals surface area contributed by atoms with Crippen LogP contribution >= 0.6 is 11.6 Å². The predicted molar refractivity (Wildman–Crippen MR) is 90.5 cm³/mol. The van der Waals surface area contributed by atoms with Crippen molar-refractivity contribution >= 4 is 28.2 Å². The standard InChI is InChI=1S/C17H14ClF3N4/c1-8(10-4-3-5-11(15(10)19)16(20)21)23-17-12-6-14(18)22-7-13(12)9(2)24-25-17/h3-8,16H,1-2H3,(H,23,25). The second-order valence-corrected chi connectivity index (χ2v) is 5.99. The second-order valence-electron chi connectivity index (χ2n) is 5.60. The summed E-state index contributed by atoms with van der Waals surface area (Å²) in [6, 6.07) is 4.95. The Morgan fingerprint density at radius 2 is 1.84 bits per heavy atom. The Hall–Kier alpha value is -2.41. The molecule has 3 rings (SSSR count). The van der Waals surface area contributed by atoms with Crippen LogP contribution in [0.2, 0.25) is 5.15 Å². The van der Waals surface area contributed by atoms with Gasteiger partial charge in [0.15, 0.2) is 5.82 Å². The van der Waals surface area contributed by atoms with Crippen LogP contribution in [0.4, 0.5) is 19.0 Å². The summed E-state index contributed by atoms with van der Waals surface area (Å²) >= 11 is 5.95. The number of rotatable bonds is 4. The maximum Gasteiger partial charge on any atom is 0.266 e. The highest BCUT2D eigenvalue weighted by atomic mass is 35.5.